The van der Waals surface area contributed by atoms with Gasteiger partial charge in [-0.2, -0.15) is 4.98 Å². The Kier molecular flexibility index (Phi) is 12.2. The van der Waals surface area contributed by atoms with Crippen molar-refractivity contribution in [2.45, 2.75) is 78.2 Å². The Balaban J connectivity index is 0.000000297. The minimum atomic E-state index is -0.301. The zero-order valence-electron chi connectivity index (χ0n) is 26.9. The SMILES string of the molecule is CC(C)(C)c1cc(CCCO)ccc1Cl.CC(C)(C)c1cc2cn(-c3ccc(CNCCCN=C(N)N)cc3)c(=O)nc2[nH]1. The van der Waals surface area contributed by atoms with Crippen molar-refractivity contribution in [1.82, 2.24) is 19.9 Å². The van der Waals surface area contributed by atoms with E-state index in [-0.39, 0.29) is 29.1 Å². The maximum absolute atomic E-state index is 12.5. The van der Waals surface area contributed by atoms with Crippen molar-refractivity contribution in [2.75, 3.05) is 19.7 Å². The van der Waals surface area contributed by atoms with E-state index in [0.29, 0.717) is 12.2 Å². The molecule has 2 aromatic heterocycles. The lowest BCUT2D eigenvalue weighted by atomic mass is 9.85. The van der Waals surface area contributed by atoms with Crippen LogP contribution in [0, 0.1) is 0 Å². The predicted octanol–water partition coefficient (Wildman–Crippen LogP) is 5.33. The molecule has 0 unspecified atom stereocenters. The van der Waals surface area contributed by atoms with Crippen LogP contribution in [0.4, 0.5) is 0 Å². The summed E-state index contributed by atoms with van der Waals surface area (Å²) in [4.78, 5) is 23.9. The van der Waals surface area contributed by atoms with Crippen LogP contribution in [0.15, 0.2) is 64.5 Å². The number of aliphatic hydroxyl groups is 1. The summed E-state index contributed by atoms with van der Waals surface area (Å²) in [5.41, 5.74) is 16.4. The number of halogens is 1. The minimum absolute atomic E-state index is 0.0352. The number of nitrogens with one attached hydrogen (secondary N) is 2. The molecule has 238 valence electrons. The number of H-pyrrole nitrogens is 1. The van der Waals surface area contributed by atoms with Crippen molar-refractivity contribution in [3.63, 3.8) is 0 Å². The van der Waals surface area contributed by atoms with Gasteiger partial charge in [-0.15, -0.1) is 0 Å². The van der Waals surface area contributed by atoms with Gasteiger partial charge in [-0.25, -0.2) is 4.79 Å². The van der Waals surface area contributed by atoms with Crippen molar-refractivity contribution in [2.24, 2.45) is 16.5 Å². The average Bonchev–Trinajstić information content (AvgIpc) is 3.38. The number of aliphatic hydroxyl groups excluding tert-OH is 1. The van der Waals surface area contributed by atoms with Crippen LogP contribution < -0.4 is 22.5 Å². The van der Waals surface area contributed by atoms with E-state index in [9.17, 15) is 4.79 Å². The number of guanidine groups is 1. The zero-order chi connectivity index (χ0) is 32.5. The van der Waals surface area contributed by atoms with Gasteiger partial charge in [0.2, 0.25) is 0 Å². The normalized spacial score (nSPS) is 11.7. The third-order valence-electron chi connectivity index (χ3n) is 7.13. The summed E-state index contributed by atoms with van der Waals surface area (Å²) in [6.45, 7) is 15.3. The summed E-state index contributed by atoms with van der Waals surface area (Å²) in [6, 6.07) is 16.1. The molecule has 0 bridgehead atoms. The Bertz CT molecular complexity index is 1590. The number of aliphatic imine (C=N–C) groups is 1. The third kappa shape index (κ3) is 10.2. The fourth-order valence-corrected chi connectivity index (χ4v) is 4.99. The van der Waals surface area contributed by atoms with Gasteiger partial charge in [0, 0.05) is 47.4 Å². The Labute approximate surface area is 265 Å². The predicted molar refractivity (Wildman–Crippen MR) is 183 cm³/mol. The molecule has 0 spiro atoms. The van der Waals surface area contributed by atoms with Gasteiger partial charge in [0.1, 0.15) is 5.65 Å². The van der Waals surface area contributed by atoms with Crippen LogP contribution >= 0.6 is 11.6 Å². The van der Waals surface area contributed by atoms with Crippen LogP contribution in [-0.2, 0) is 23.8 Å². The van der Waals surface area contributed by atoms with Crippen molar-refractivity contribution in [3.05, 3.63) is 92.6 Å². The van der Waals surface area contributed by atoms with E-state index in [4.69, 9.17) is 28.2 Å². The molecule has 4 aromatic rings. The van der Waals surface area contributed by atoms with Crippen LogP contribution in [0.2, 0.25) is 5.02 Å². The second-order valence-corrected chi connectivity index (χ2v) is 13.4. The standard InChI is InChI=1S/C21H29N7O.C13H19ClO/c1-21(2,3)17-11-15-13-28(20(29)27-18(15)26-17)16-7-5-14(6-8-16)12-24-9-4-10-25-19(22)23;1-13(2,3)11-9-10(5-4-8-15)6-7-12(11)14/h5-8,11,13,24H,4,9-10,12H2,1-3H3,(H4,22,23,25)(H,26,27,29);6-7,9,15H,4-5,8H2,1-3H3. The summed E-state index contributed by atoms with van der Waals surface area (Å²) in [7, 11) is 0. The molecule has 10 heteroatoms. The Morgan fingerprint density at radius 1 is 1.00 bits per heavy atom. The van der Waals surface area contributed by atoms with Gasteiger partial charge < -0.3 is 26.9 Å². The maximum atomic E-state index is 12.5. The quantitative estimate of drug-likeness (QED) is 0.0919. The number of benzene rings is 2. The topological polar surface area (TPSA) is 147 Å². The number of hydrogen-bond acceptors (Lipinski definition) is 5. The fraction of sp³-hybridized carbons (Fsp3) is 0.441. The van der Waals surface area contributed by atoms with E-state index in [1.165, 1.54) is 11.1 Å². The second kappa shape index (κ2) is 15.4. The molecule has 0 saturated carbocycles. The molecule has 0 fully saturated rings. The first-order chi connectivity index (χ1) is 20.7. The summed E-state index contributed by atoms with van der Waals surface area (Å²) >= 11 is 6.17. The van der Waals surface area contributed by atoms with E-state index >= 15 is 0 Å². The van der Waals surface area contributed by atoms with Gasteiger partial charge in [0.15, 0.2) is 5.96 Å². The molecular weight excluding hydrogens is 574 g/mol. The molecule has 2 aromatic carbocycles. The van der Waals surface area contributed by atoms with Gasteiger partial charge in [-0.1, -0.05) is 77.4 Å². The van der Waals surface area contributed by atoms with Gasteiger partial charge in [-0.3, -0.25) is 9.56 Å². The van der Waals surface area contributed by atoms with Crippen LogP contribution in [0.1, 0.15) is 76.8 Å². The van der Waals surface area contributed by atoms with Crippen LogP contribution in [-0.4, -0.2) is 45.3 Å². The molecule has 0 saturated heterocycles. The Hall–Kier alpha value is -3.66. The fourth-order valence-electron chi connectivity index (χ4n) is 4.59. The van der Waals surface area contributed by atoms with Crippen LogP contribution in [0.3, 0.4) is 0 Å². The number of aromatic amines is 1. The first kappa shape index (κ1) is 34.8. The lowest BCUT2D eigenvalue weighted by Crippen LogP contribution is -2.23. The Morgan fingerprint density at radius 3 is 2.30 bits per heavy atom. The van der Waals surface area contributed by atoms with E-state index in [0.717, 1.165) is 59.7 Å². The number of nitrogens with two attached hydrogens (primary N) is 2. The molecule has 4 rings (SSSR count). The lowest BCUT2D eigenvalue weighted by Gasteiger charge is -2.21. The van der Waals surface area contributed by atoms with Crippen molar-refractivity contribution in [1.29, 1.82) is 0 Å². The molecule has 7 N–H and O–H groups in total. The van der Waals surface area contributed by atoms with E-state index < -0.39 is 0 Å². The zero-order valence-corrected chi connectivity index (χ0v) is 27.6. The highest BCUT2D eigenvalue weighted by molar-refractivity contribution is 6.31. The molecule has 0 aliphatic heterocycles. The number of rotatable bonds is 10. The summed E-state index contributed by atoms with van der Waals surface area (Å²) in [6.07, 6.45) is 4.43. The molecule has 9 nitrogen and oxygen atoms in total. The molecule has 0 aliphatic rings. The van der Waals surface area contributed by atoms with E-state index in [1.807, 2.05) is 42.6 Å². The van der Waals surface area contributed by atoms with Crippen LogP contribution in [0.5, 0.6) is 0 Å². The third-order valence-corrected chi connectivity index (χ3v) is 7.46. The van der Waals surface area contributed by atoms with Crippen molar-refractivity contribution < 1.29 is 5.11 Å². The molecule has 0 aliphatic carbocycles. The number of hydrogen-bond donors (Lipinski definition) is 5. The summed E-state index contributed by atoms with van der Waals surface area (Å²) < 4.78 is 1.58. The Morgan fingerprint density at radius 2 is 1.68 bits per heavy atom. The summed E-state index contributed by atoms with van der Waals surface area (Å²) in [5, 5.41) is 13.9. The molecule has 0 atom stereocenters. The van der Waals surface area contributed by atoms with E-state index in [1.54, 1.807) is 4.57 Å². The molecule has 0 radical (unpaired) electrons. The average molecular weight is 622 g/mol. The molecule has 0 amide bonds. The highest BCUT2D eigenvalue weighted by Gasteiger charge is 2.18. The first-order valence-corrected chi connectivity index (χ1v) is 15.4. The molecule has 44 heavy (non-hydrogen) atoms. The van der Waals surface area contributed by atoms with E-state index in [2.05, 4.69) is 74.0 Å². The highest BCUT2D eigenvalue weighted by Crippen LogP contribution is 2.30. The monoisotopic (exact) mass is 621 g/mol. The number of fused-ring (bicyclic) bond motifs is 1. The number of aryl methyl sites for hydroxylation is 1. The number of nitrogens with zero attached hydrogens (tertiary/aromatic N) is 3. The van der Waals surface area contributed by atoms with Gasteiger partial charge in [0.25, 0.3) is 0 Å². The van der Waals surface area contributed by atoms with Gasteiger partial charge in [0.05, 0.1) is 5.69 Å². The van der Waals surface area contributed by atoms with Crippen molar-refractivity contribution >= 4 is 28.6 Å². The number of aromatic nitrogens is 3. The molecular formula is C34H48ClN7O2. The van der Waals surface area contributed by atoms with Crippen LogP contribution in [0.25, 0.3) is 16.7 Å². The van der Waals surface area contributed by atoms with Gasteiger partial charge >= 0.3 is 5.69 Å². The van der Waals surface area contributed by atoms with Gasteiger partial charge in [-0.05, 0) is 72.2 Å². The largest absolute Gasteiger partial charge is 0.396 e. The second-order valence-electron chi connectivity index (χ2n) is 13.0. The van der Waals surface area contributed by atoms with Crippen molar-refractivity contribution in [3.8, 4) is 5.69 Å². The lowest BCUT2D eigenvalue weighted by molar-refractivity contribution is 0.288. The first-order valence-electron chi connectivity index (χ1n) is 15.1. The minimum Gasteiger partial charge on any atom is -0.396 e. The molecule has 2 heterocycles. The maximum Gasteiger partial charge on any atom is 0.354 e. The summed E-state index contributed by atoms with van der Waals surface area (Å²) in [5.74, 6) is 0.123. The highest BCUT2D eigenvalue weighted by atomic mass is 35.5. The smallest absolute Gasteiger partial charge is 0.354 e.